The number of rotatable bonds is 3. The summed E-state index contributed by atoms with van der Waals surface area (Å²) in [6.07, 6.45) is -4.41. The van der Waals surface area contributed by atoms with Crippen molar-refractivity contribution in [3.05, 3.63) is 64.4 Å². The van der Waals surface area contributed by atoms with Crippen LogP contribution in [0, 0.1) is 0 Å². The number of alkyl halides is 3. The van der Waals surface area contributed by atoms with E-state index in [9.17, 15) is 13.2 Å². The van der Waals surface area contributed by atoms with Crippen LogP contribution in [0.25, 0.3) is 11.0 Å². The monoisotopic (exact) mass is 367 g/mol. The van der Waals surface area contributed by atoms with Crippen molar-refractivity contribution in [2.75, 3.05) is 0 Å². The highest BCUT2D eigenvalue weighted by atomic mass is 35.5. The van der Waals surface area contributed by atoms with Gasteiger partial charge in [-0.2, -0.15) is 13.2 Å². The van der Waals surface area contributed by atoms with Gasteiger partial charge in [-0.15, -0.1) is 0 Å². The van der Waals surface area contributed by atoms with Crippen LogP contribution in [0.5, 0.6) is 0 Å². The zero-order chi connectivity index (χ0) is 18.4. The summed E-state index contributed by atoms with van der Waals surface area (Å²) in [6, 6.07) is 10.8. The Hall–Kier alpha value is -2.05. The second-order valence-electron chi connectivity index (χ2n) is 6.57. The van der Waals surface area contributed by atoms with E-state index < -0.39 is 17.3 Å². The first kappa shape index (κ1) is 17.8. The molecule has 1 aromatic heterocycles. The molecular formula is C18H17ClF3N3. The van der Waals surface area contributed by atoms with Gasteiger partial charge in [0.25, 0.3) is 0 Å². The lowest BCUT2D eigenvalue weighted by Gasteiger charge is -2.20. The maximum atomic E-state index is 13.0. The maximum Gasteiger partial charge on any atom is 0.416 e. The number of imidazole rings is 1. The number of benzene rings is 2. The van der Waals surface area contributed by atoms with Crippen LogP contribution >= 0.6 is 11.6 Å². The van der Waals surface area contributed by atoms with E-state index >= 15 is 0 Å². The molecule has 0 unspecified atom stereocenters. The zero-order valence-corrected chi connectivity index (χ0v) is 14.5. The van der Waals surface area contributed by atoms with Gasteiger partial charge in [0.15, 0.2) is 0 Å². The SMILES string of the molecule is CC(C)(N)c1nc2cc(C(F)(F)F)ccc2n1Cc1ccc(Cl)cc1. The van der Waals surface area contributed by atoms with E-state index in [2.05, 4.69) is 4.98 Å². The first-order valence-corrected chi connectivity index (χ1v) is 8.05. The third-order valence-electron chi connectivity index (χ3n) is 3.91. The molecule has 7 heteroatoms. The third kappa shape index (κ3) is 3.65. The topological polar surface area (TPSA) is 43.8 Å². The minimum absolute atomic E-state index is 0.275. The van der Waals surface area contributed by atoms with Gasteiger partial charge in [-0.1, -0.05) is 23.7 Å². The second-order valence-corrected chi connectivity index (χ2v) is 7.01. The quantitative estimate of drug-likeness (QED) is 0.711. The van der Waals surface area contributed by atoms with Crippen molar-refractivity contribution in [2.24, 2.45) is 5.73 Å². The van der Waals surface area contributed by atoms with Crippen molar-refractivity contribution in [3.8, 4) is 0 Å². The second kappa shape index (κ2) is 6.04. The van der Waals surface area contributed by atoms with Crippen molar-refractivity contribution in [1.82, 2.24) is 9.55 Å². The molecule has 3 rings (SSSR count). The molecule has 3 aromatic rings. The Kier molecular flexibility index (Phi) is 4.29. The number of halogens is 4. The van der Waals surface area contributed by atoms with Crippen LogP contribution in [-0.2, 0) is 18.3 Å². The lowest BCUT2D eigenvalue weighted by atomic mass is 10.1. The van der Waals surface area contributed by atoms with Crippen LogP contribution in [-0.4, -0.2) is 9.55 Å². The molecule has 25 heavy (non-hydrogen) atoms. The average Bonchev–Trinajstić information content (AvgIpc) is 2.87. The van der Waals surface area contributed by atoms with Crippen molar-refractivity contribution >= 4 is 22.6 Å². The summed E-state index contributed by atoms with van der Waals surface area (Å²) >= 11 is 5.91. The summed E-state index contributed by atoms with van der Waals surface area (Å²) in [5.41, 5.74) is 6.51. The van der Waals surface area contributed by atoms with E-state index in [4.69, 9.17) is 17.3 Å². The number of fused-ring (bicyclic) bond motifs is 1. The minimum Gasteiger partial charge on any atom is -0.322 e. The average molecular weight is 368 g/mol. The highest BCUT2D eigenvalue weighted by Crippen LogP contribution is 2.33. The van der Waals surface area contributed by atoms with Crippen molar-refractivity contribution in [3.63, 3.8) is 0 Å². The Morgan fingerprint density at radius 3 is 2.28 bits per heavy atom. The predicted octanol–water partition coefficient (Wildman–Crippen LogP) is 4.95. The highest BCUT2D eigenvalue weighted by Gasteiger charge is 2.32. The minimum atomic E-state index is -4.41. The maximum absolute atomic E-state index is 13.0. The summed E-state index contributed by atoms with van der Waals surface area (Å²) in [5.74, 6) is 0.525. The van der Waals surface area contributed by atoms with Crippen LogP contribution in [0.2, 0.25) is 5.02 Å². The van der Waals surface area contributed by atoms with E-state index in [0.29, 0.717) is 22.9 Å². The Balaban J connectivity index is 2.15. The molecule has 0 spiro atoms. The molecule has 2 aromatic carbocycles. The summed E-state index contributed by atoms with van der Waals surface area (Å²) in [5, 5.41) is 0.619. The van der Waals surface area contributed by atoms with Gasteiger partial charge >= 0.3 is 6.18 Å². The highest BCUT2D eigenvalue weighted by molar-refractivity contribution is 6.30. The summed E-state index contributed by atoms with van der Waals surface area (Å²) in [4.78, 5) is 4.38. The summed E-state index contributed by atoms with van der Waals surface area (Å²) < 4.78 is 40.8. The van der Waals surface area contributed by atoms with Crippen LogP contribution in [0.1, 0.15) is 30.8 Å². The first-order valence-electron chi connectivity index (χ1n) is 7.67. The van der Waals surface area contributed by atoms with Crippen molar-refractivity contribution in [2.45, 2.75) is 32.1 Å². The molecule has 1 heterocycles. The van der Waals surface area contributed by atoms with Gasteiger partial charge in [0, 0.05) is 11.6 Å². The third-order valence-corrected chi connectivity index (χ3v) is 4.16. The lowest BCUT2D eigenvalue weighted by molar-refractivity contribution is -0.137. The van der Waals surface area contributed by atoms with Gasteiger partial charge in [0.1, 0.15) is 5.82 Å². The Bertz CT molecular complexity index is 906. The van der Waals surface area contributed by atoms with Crippen LogP contribution in [0.4, 0.5) is 13.2 Å². The molecule has 0 saturated carbocycles. The van der Waals surface area contributed by atoms with Gasteiger partial charge in [-0.05, 0) is 49.7 Å². The van der Waals surface area contributed by atoms with E-state index in [1.54, 1.807) is 26.0 Å². The molecule has 0 atom stereocenters. The summed E-state index contributed by atoms with van der Waals surface area (Å²) in [6.45, 7) is 3.99. The van der Waals surface area contributed by atoms with Gasteiger partial charge in [-0.25, -0.2) is 4.98 Å². The van der Waals surface area contributed by atoms with Crippen molar-refractivity contribution < 1.29 is 13.2 Å². The first-order chi connectivity index (χ1) is 11.6. The molecule has 0 aliphatic heterocycles. The Morgan fingerprint density at radius 2 is 1.72 bits per heavy atom. The van der Waals surface area contributed by atoms with Crippen molar-refractivity contribution in [1.29, 1.82) is 0 Å². The molecule has 0 fully saturated rings. The van der Waals surface area contributed by atoms with Crippen LogP contribution in [0.3, 0.4) is 0 Å². The van der Waals surface area contributed by atoms with E-state index in [-0.39, 0.29) is 5.52 Å². The molecule has 2 N–H and O–H groups in total. The summed E-state index contributed by atoms with van der Waals surface area (Å²) in [7, 11) is 0. The van der Waals surface area contributed by atoms with E-state index in [1.165, 1.54) is 6.07 Å². The van der Waals surface area contributed by atoms with Crippen LogP contribution in [0.15, 0.2) is 42.5 Å². The fraction of sp³-hybridized carbons (Fsp3) is 0.278. The molecule has 0 radical (unpaired) electrons. The Morgan fingerprint density at radius 1 is 1.08 bits per heavy atom. The number of nitrogens with zero attached hydrogens (tertiary/aromatic N) is 2. The van der Waals surface area contributed by atoms with Gasteiger partial charge in [-0.3, -0.25) is 0 Å². The fourth-order valence-electron chi connectivity index (χ4n) is 2.73. The van der Waals surface area contributed by atoms with Gasteiger partial charge in [0.05, 0.1) is 22.1 Å². The standard InChI is InChI=1S/C18H17ClF3N3/c1-17(2,23)16-24-14-9-12(18(20,21)22)5-8-15(14)25(16)10-11-3-6-13(19)7-4-11/h3-9H,10,23H2,1-2H3. The molecule has 0 aliphatic carbocycles. The normalized spacial score (nSPS) is 12.8. The number of nitrogens with two attached hydrogens (primary N) is 1. The van der Waals surface area contributed by atoms with Gasteiger partial charge in [0.2, 0.25) is 0 Å². The van der Waals surface area contributed by atoms with E-state index in [1.807, 2.05) is 16.7 Å². The van der Waals surface area contributed by atoms with E-state index in [0.717, 1.165) is 17.7 Å². The van der Waals surface area contributed by atoms with Crippen LogP contribution < -0.4 is 5.73 Å². The number of aromatic nitrogens is 2. The molecule has 0 saturated heterocycles. The molecular weight excluding hydrogens is 351 g/mol. The largest absolute Gasteiger partial charge is 0.416 e. The number of hydrogen-bond donors (Lipinski definition) is 1. The molecule has 0 bridgehead atoms. The molecule has 0 aliphatic rings. The van der Waals surface area contributed by atoms with Gasteiger partial charge < -0.3 is 10.3 Å². The fourth-order valence-corrected chi connectivity index (χ4v) is 2.86. The Labute approximate surface area is 148 Å². The molecule has 132 valence electrons. The lowest BCUT2D eigenvalue weighted by Crippen LogP contribution is -2.32. The number of hydrogen-bond acceptors (Lipinski definition) is 2. The zero-order valence-electron chi connectivity index (χ0n) is 13.7. The predicted molar refractivity (Wildman–Crippen MR) is 92.5 cm³/mol. The molecule has 0 amide bonds. The smallest absolute Gasteiger partial charge is 0.322 e. The molecule has 3 nitrogen and oxygen atoms in total.